The van der Waals surface area contributed by atoms with Crippen LogP contribution in [0.3, 0.4) is 0 Å². The number of hydrogen-bond donors (Lipinski definition) is 1. The quantitative estimate of drug-likeness (QED) is 0.924. The van der Waals surface area contributed by atoms with E-state index in [1.807, 2.05) is 23.1 Å². The zero-order chi connectivity index (χ0) is 16.5. The van der Waals surface area contributed by atoms with E-state index >= 15 is 0 Å². The first-order chi connectivity index (χ1) is 11.7. The average molecular weight is 347 g/mol. The lowest BCUT2D eigenvalue weighted by Gasteiger charge is -2.39. The summed E-state index contributed by atoms with van der Waals surface area (Å²) in [5.74, 6) is 1.38. The van der Waals surface area contributed by atoms with Gasteiger partial charge in [0.25, 0.3) is 0 Å². The Morgan fingerprint density at radius 1 is 1.38 bits per heavy atom. The lowest BCUT2D eigenvalue weighted by molar-refractivity contribution is 0.120. The molecular weight excluding hydrogens is 328 g/mol. The molecule has 2 amide bonds. The normalized spacial score (nSPS) is 16.5. The summed E-state index contributed by atoms with van der Waals surface area (Å²) in [6.45, 7) is 2.67. The summed E-state index contributed by atoms with van der Waals surface area (Å²) < 4.78 is 10.7. The number of hydrogen-bond acceptors (Lipinski definition) is 3. The van der Waals surface area contributed by atoms with Gasteiger partial charge in [0.15, 0.2) is 0 Å². The number of urea groups is 1. The van der Waals surface area contributed by atoms with Crippen molar-refractivity contribution >= 4 is 17.6 Å². The summed E-state index contributed by atoms with van der Waals surface area (Å²) in [6, 6.07) is 5.74. The van der Waals surface area contributed by atoms with E-state index in [2.05, 4.69) is 5.32 Å². The topological polar surface area (TPSA) is 54.7 Å². The van der Waals surface area contributed by atoms with E-state index < -0.39 is 0 Å². The first kappa shape index (κ1) is 15.4. The molecule has 0 unspecified atom stereocenters. The molecule has 1 aromatic heterocycles. The van der Waals surface area contributed by atoms with Crippen molar-refractivity contribution in [3.05, 3.63) is 52.4 Å². The fourth-order valence-electron chi connectivity index (χ4n) is 3.37. The number of nitrogens with zero attached hydrogens (tertiary/aromatic N) is 1. The molecule has 0 atom stereocenters. The van der Waals surface area contributed by atoms with Gasteiger partial charge < -0.3 is 19.4 Å². The van der Waals surface area contributed by atoms with Gasteiger partial charge in [-0.15, -0.1) is 0 Å². The molecule has 1 fully saturated rings. The molecule has 2 aromatic rings. The second-order valence-electron chi connectivity index (χ2n) is 6.42. The highest BCUT2D eigenvalue weighted by Gasteiger charge is 2.30. The second-order valence-corrected chi connectivity index (χ2v) is 6.85. The van der Waals surface area contributed by atoms with Crippen LogP contribution in [0.25, 0.3) is 0 Å². The minimum atomic E-state index is -0.0369. The zero-order valence-corrected chi connectivity index (χ0v) is 14.0. The highest BCUT2D eigenvalue weighted by atomic mass is 35.5. The van der Waals surface area contributed by atoms with Crippen molar-refractivity contribution in [3.8, 4) is 5.75 Å². The first-order valence-corrected chi connectivity index (χ1v) is 8.55. The molecule has 1 saturated heterocycles. The summed E-state index contributed by atoms with van der Waals surface area (Å²) in [4.78, 5) is 14.1. The molecule has 0 saturated carbocycles. The smallest absolute Gasteiger partial charge is 0.317 e. The fourth-order valence-corrected chi connectivity index (χ4v) is 3.63. The van der Waals surface area contributed by atoms with Crippen LogP contribution in [0.2, 0.25) is 5.02 Å². The monoisotopic (exact) mass is 346 g/mol. The number of fused-ring (bicyclic) bond motifs is 1. The van der Waals surface area contributed by atoms with E-state index in [4.69, 9.17) is 20.8 Å². The third-order valence-corrected chi connectivity index (χ3v) is 4.82. The van der Waals surface area contributed by atoms with Crippen LogP contribution in [-0.4, -0.2) is 30.6 Å². The van der Waals surface area contributed by atoms with Crippen LogP contribution >= 0.6 is 11.6 Å². The predicted octanol–water partition coefficient (Wildman–Crippen LogP) is 3.25. The number of carbonyl (C=O) groups excluding carboxylic acids is 1. The molecule has 1 N–H and O–H groups in total. The number of rotatable bonds is 4. The van der Waals surface area contributed by atoms with E-state index in [1.54, 1.807) is 12.5 Å². The lowest BCUT2D eigenvalue weighted by Crippen LogP contribution is -2.54. The molecule has 1 aromatic carbocycles. The maximum absolute atomic E-state index is 12.3. The summed E-state index contributed by atoms with van der Waals surface area (Å²) in [5.41, 5.74) is 3.25. The maximum atomic E-state index is 12.3. The molecule has 2 aliphatic heterocycles. The third kappa shape index (κ3) is 3.08. The van der Waals surface area contributed by atoms with Gasteiger partial charge in [0.1, 0.15) is 5.75 Å². The molecule has 0 bridgehead atoms. The minimum absolute atomic E-state index is 0.0369. The number of nitrogens with one attached hydrogen (secondary N) is 1. The highest BCUT2D eigenvalue weighted by Crippen LogP contribution is 2.32. The number of furan rings is 1. The highest BCUT2D eigenvalue weighted by molar-refractivity contribution is 6.30. The minimum Gasteiger partial charge on any atom is -0.493 e. The van der Waals surface area contributed by atoms with Crippen LogP contribution in [0.5, 0.6) is 5.75 Å². The molecule has 6 heteroatoms. The Morgan fingerprint density at radius 2 is 2.25 bits per heavy atom. The molecular formula is C18H19ClN2O3. The number of benzene rings is 1. The third-order valence-electron chi connectivity index (χ3n) is 4.60. The maximum Gasteiger partial charge on any atom is 0.317 e. The van der Waals surface area contributed by atoms with E-state index in [0.29, 0.717) is 24.1 Å². The predicted molar refractivity (Wildman–Crippen MR) is 90.4 cm³/mol. The standard InChI is InChI=1S/C18H19ClN2O3/c19-16-6-14-2-4-24-17(14)15(7-16)8-20-18(22)21-9-13(10-21)5-12-1-3-23-11-12/h1,3,6-7,11,13H,2,4-5,8-10H2,(H,20,22). The Hall–Kier alpha value is -2.14. The summed E-state index contributed by atoms with van der Waals surface area (Å²) in [6.07, 6.45) is 5.28. The summed E-state index contributed by atoms with van der Waals surface area (Å²) >= 11 is 6.15. The largest absolute Gasteiger partial charge is 0.493 e. The molecule has 3 heterocycles. The van der Waals surface area contributed by atoms with Crippen LogP contribution in [-0.2, 0) is 19.4 Å². The van der Waals surface area contributed by atoms with Gasteiger partial charge in [-0.2, -0.15) is 0 Å². The van der Waals surface area contributed by atoms with Crippen molar-refractivity contribution < 1.29 is 13.9 Å². The molecule has 0 radical (unpaired) electrons. The number of ether oxygens (including phenoxy) is 1. The van der Waals surface area contributed by atoms with Crippen LogP contribution in [0.1, 0.15) is 16.7 Å². The summed E-state index contributed by atoms with van der Waals surface area (Å²) in [5, 5.41) is 3.65. The van der Waals surface area contributed by atoms with E-state index in [1.165, 1.54) is 5.56 Å². The van der Waals surface area contributed by atoms with Gasteiger partial charge in [0.05, 0.1) is 19.1 Å². The van der Waals surface area contributed by atoms with Crippen LogP contribution in [0.4, 0.5) is 4.79 Å². The molecule has 2 aliphatic rings. The Morgan fingerprint density at radius 3 is 3.04 bits per heavy atom. The van der Waals surface area contributed by atoms with E-state index in [0.717, 1.165) is 42.8 Å². The van der Waals surface area contributed by atoms with Gasteiger partial charge in [-0.05, 0) is 41.7 Å². The van der Waals surface area contributed by atoms with Crippen molar-refractivity contribution in [2.45, 2.75) is 19.4 Å². The van der Waals surface area contributed by atoms with Gasteiger partial charge in [-0.1, -0.05) is 11.6 Å². The van der Waals surface area contributed by atoms with Crippen LogP contribution in [0.15, 0.2) is 35.1 Å². The number of likely N-dealkylation sites (tertiary alicyclic amines) is 1. The molecule has 5 nitrogen and oxygen atoms in total. The molecule has 24 heavy (non-hydrogen) atoms. The summed E-state index contributed by atoms with van der Waals surface area (Å²) in [7, 11) is 0. The second kappa shape index (κ2) is 6.40. The Kier molecular flexibility index (Phi) is 4.10. The van der Waals surface area contributed by atoms with Crippen molar-refractivity contribution in [3.63, 3.8) is 0 Å². The number of carbonyl (C=O) groups is 1. The van der Waals surface area contributed by atoms with Gasteiger partial charge in [-0.25, -0.2) is 4.79 Å². The number of halogens is 1. The molecule has 0 spiro atoms. The van der Waals surface area contributed by atoms with Gasteiger partial charge in [0, 0.05) is 36.6 Å². The molecule has 0 aliphatic carbocycles. The zero-order valence-electron chi connectivity index (χ0n) is 13.3. The Labute approximate surface area is 145 Å². The van der Waals surface area contributed by atoms with E-state index in [9.17, 15) is 4.79 Å². The number of amides is 2. The Bertz CT molecular complexity index is 739. The first-order valence-electron chi connectivity index (χ1n) is 8.17. The fraction of sp³-hybridized carbons (Fsp3) is 0.389. The van der Waals surface area contributed by atoms with Gasteiger partial charge in [-0.3, -0.25) is 0 Å². The lowest BCUT2D eigenvalue weighted by atomic mass is 9.94. The van der Waals surface area contributed by atoms with Crippen LogP contribution < -0.4 is 10.1 Å². The average Bonchev–Trinajstić information content (AvgIpc) is 3.18. The Balaban J connectivity index is 1.29. The van der Waals surface area contributed by atoms with E-state index in [-0.39, 0.29) is 6.03 Å². The van der Waals surface area contributed by atoms with Gasteiger partial charge >= 0.3 is 6.03 Å². The van der Waals surface area contributed by atoms with Gasteiger partial charge in [0.2, 0.25) is 0 Å². The van der Waals surface area contributed by atoms with Crippen molar-refractivity contribution in [1.82, 2.24) is 10.2 Å². The molecule has 126 valence electrons. The van der Waals surface area contributed by atoms with Crippen molar-refractivity contribution in [2.24, 2.45) is 5.92 Å². The van der Waals surface area contributed by atoms with Crippen molar-refractivity contribution in [2.75, 3.05) is 19.7 Å². The molecule has 4 rings (SSSR count). The van der Waals surface area contributed by atoms with Crippen LogP contribution in [0, 0.1) is 5.92 Å². The SMILES string of the molecule is O=C(NCc1cc(Cl)cc2c1OCC2)N1CC(Cc2ccoc2)C1. The van der Waals surface area contributed by atoms with Crippen molar-refractivity contribution in [1.29, 1.82) is 0 Å².